The second-order valence-electron chi connectivity index (χ2n) is 7.37. The maximum atomic E-state index is 13.2. The van der Waals surface area contributed by atoms with E-state index < -0.39 is 0 Å². The van der Waals surface area contributed by atoms with Crippen LogP contribution in [-0.4, -0.2) is 53.7 Å². The van der Waals surface area contributed by atoms with Gasteiger partial charge in [0.15, 0.2) is 0 Å². The number of benzene rings is 2. The van der Waals surface area contributed by atoms with Gasteiger partial charge >= 0.3 is 0 Å². The molecule has 0 saturated carbocycles. The smallest absolute Gasteiger partial charge is 0.257 e. The zero-order valence-electron chi connectivity index (χ0n) is 18.2. The Morgan fingerprint density at radius 1 is 1.10 bits per heavy atom. The summed E-state index contributed by atoms with van der Waals surface area (Å²) in [5.74, 6) is 0.571. The molecule has 0 radical (unpaired) electrons. The van der Waals surface area contributed by atoms with Gasteiger partial charge in [0.05, 0.1) is 19.2 Å². The average molecular weight is 421 g/mol. The molecule has 0 saturated heterocycles. The molecule has 7 nitrogen and oxygen atoms in total. The predicted octanol–water partition coefficient (Wildman–Crippen LogP) is 3.21. The van der Waals surface area contributed by atoms with Crippen LogP contribution < -0.4 is 10.1 Å². The minimum absolute atomic E-state index is 0.0713. The van der Waals surface area contributed by atoms with Crippen molar-refractivity contribution < 1.29 is 14.3 Å². The van der Waals surface area contributed by atoms with E-state index in [0.29, 0.717) is 37.3 Å². The minimum atomic E-state index is -0.104. The number of amides is 2. The molecule has 3 rings (SSSR count). The first-order valence-electron chi connectivity index (χ1n) is 10.2. The molecule has 0 atom stereocenters. The van der Waals surface area contributed by atoms with Crippen molar-refractivity contribution in [1.29, 1.82) is 0 Å². The Labute approximate surface area is 182 Å². The lowest BCUT2D eigenvalue weighted by Crippen LogP contribution is -2.31. The molecule has 0 spiro atoms. The third kappa shape index (κ3) is 5.94. The van der Waals surface area contributed by atoms with Gasteiger partial charge in [0.1, 0.15) is 11.4 Å². The lowest BCUT2D eigenvalue weighted by molar-refractivity contribution is -0.118. The first kappa shape index (κ1) is 22.1. The van der Waals surface area contributed by atoms with E-state index in [9.17, 15) is 9.59 Å². The van der Waals surface area contributed by atoms with E-state index in [4.69, 9.17) is 9.84 Å². The SMILES string of the molecule is COc1ccc(-c2nn(Cc3ccccc3)cc2C(=O)N(C)CCCNC(C)=O)cc1. The summed E-state index contributed by atoms with van der Waals surface area (Å²) in [7, 11) is 3.39. The molecule has 1 N–H and O–H groups in total. The summed E-state index contributed by atoms with van der Waals surface area (Å²) >= 11 is 0. The highest BCUT2D eigenvalue weighted by Gasteiger charge is 2.21. The number of hydrogen-bond acceptors (Lipinski definition) is 4. The molecular formula is C24H28N4O3. The van der Waals surface area contributed by atoms with Gasteiger partial charge < -0.3 is 15.0 Å². The molecule has 3 aromatic rings. The van der Waals surface area contributed by atoms with Crippen LogP contribution in [0.5, 0.6) is 5.75 Å². The molecule has 0 bridgehead atoms. The van der Waals surface area contributed by atoms with Crippen molar-refractivity contribution in [2.24, 2.45) is 0 Å². The molecule has 2 amide bonds. The first-order valence-corrected chi connectivity index (χ1v) is 10.2. The van der Waals surface area contributed by atoms with E-state index in [1.54, 1.807) is 29.9 Å². The third-order valence-electron chi connectivity index (χ3n) is 4.93. The Morgan fingerprint density at radius 3 is 2.45 bits per heavy atom. The van der Waals surface area contributed by atoms with E-state index in [-0.39, 0.29) is 11.8 Å². The molecule has 1 aromatic heterocycles. The highest BCUT2D eigenvalue weighted by molar-refractivity contribution is 5.99. The number of nitrogens with one attached hydrogen (secondary N) is 1. The van der Waals surface area contributed by atoms with Crippen LogP contribution in [-0.2, 0) is 11.3 Å². The van der Waals surface area contributed by atoms with E-state index in [1.165, 1.54) is 6.92 Å². The normalized spacial score (nSPS) is 10.5. The molecule has 0 fully saturated rings. The number of methoxy groups -OCH3 is 1. The molecular weight excluding hydrogens is 392 g/mol. The van der Waals surface area contributed by atoms with Gasteiger partial charge in [0.25, 0.3) is 5.91 Å². The number of carbonyl (C=O) groups is 2. The summed E-state index contributed by atoms with van der Waals surface area (Å²) in [4.78, 5) is 25.9. The fourth-order valence-corrected chi connectivity index (χ4v) is 3.28. The highest BCUT2D eigenvalue weighted by Crippen LogP contribution is 2.26. The summed E-state index contributed by atoms with van der Waals surface area (Å²) in [6.45, 7) is 3.12. The Bertz CT molecular complexity index is 1010. The zero-order valence-corrected chi connectivity index (χ0v) is 18.2. The minimum Gasteiger partial charge on any atom is -0.497 e. The molecule has 0 aliphatic heterocycles. The fourth-order valence-electron chi connectivity index (χ4n) is 3.28. The summed E-state index contributed by atoms with van der Waals surface area (Å²) in [5, 5.41) is 7.48. The van der Waals surface area contributed by atoms with Crippen molar-refractivity contribution in [3.63, 3.8) is 0 Å². The summed E-state index contributed by atoms with van der Waals surface area (Å²) in [6, 6.07) is 17.5. The van der Waals surface area contributed by atoms with Gasteiger partial charge in [-0.15, -0.1) is 0 Å². The fraction of sp³-hybridized carbons (Fsp3) is 0.292. The van der Waals surface area contributed by atoms with Crippen LogP contribution in [0.1, 0.15) is 29.3 Å². The number of nitrogens with zero attached hydrogens (tertiary/aromatic N) is 3. The van der Waals surface area contributed by atoms with E-state index in [2.05, 4.69) is 5.32 Å². The summed E-state index contributed by atoms with van der Waals surface area (Å²) in [6.07, 6.45) is 2.48. The molecule has 2 aromatic carbocycles. The Morgan fingerprint density at radius 2 is 1.81 bits per heavy atom. The Balaban J connectivity index is 1.85. The van der Waals surface area contributed by atoms with Crippen LogP contribution in [0, 0.1) is 0 Å². The molecule has 7 heteroatoms. The maximum Gasteiger partial charge on any atom is 0.257 e. The Kier molecular flexibility index (Phi) is 7.43. The van der Waals surface area contributed by atoms with E-state index >= 15 is 0 Å². The third-order valence-corrected chi connectivity index (χ3v) is 4.93. The number of ether oxygens (including phenoxy) is 1. The topological polar surface area (TPSA) is 76.5 Å². The van der Waals surface area contributed by atoms with E-state index in [0.717, 1.165) is 16.9 Å². The number of hydrogen-bond donors (Lipinski definition) is 1. The van der Waals surface area contributed by atoms with Gasteiger partial charge in [-0.25, -0.2) is 0 Å². The quantitative estimate of drug-likeness (QED) is 0.540. The lowest BCUT2D eigenvalue weighted by Gasteiger charge is -2.17. The monoisotopic (exact) mass is 420 g/mol. The molecule has 1 heterocycles. The van der Waals surface area contributed by atoms with Gasteiger partial charge in [0.2, 0.25) is 5.91 Å². The molecule has 162 valence electrons. The van der Waals surface area contributed by atoms with Crippen LogP contribution in [0.15, 0.2) is 60.8 Å². The zero-order chi connectivity index (χ0) is 22.2. The van der Waals surface area contributed by atoms with Gasteiger partial charge in [-0.1, -0.05) is 30.3 Å². The van der Waals surface area contributed by atoms with Gasteiger partial charge in [-0.05, 0) is 36.2 Å². The van der Waals surface area contributed by atoms with Crippen LogP contribution in [0.2, 0.25) is 0 Å². The highest BCUT2D eigenvalue weighted by atomic mass is 16.5. The van der Waals surface area contributed by atoms with Crippen molar-refractivity contribution in [2.75, 3.05) is 27.2 Å². The summed E-state index contributed by atoms with van der Waals surface area (Å²) in [5.41, 5.74) is 3.14. The lowest BCUT2D eigenvalue weighted by atomic mass is 10.1. The standard InChI is InChI=1S/C24H28N4O3/c1-18(29)25-14-7-15-27(2)24(30)22-17-28(16-19-8-5-4-6-9-19)26-23(22)20-10-12-21(31-3)13-11-20/h4-6,8-13,17H,7,14-16H2,1-3H3,(H,25,29). The van der Waals surface area contributed by atoms with Crippen LogP contribution in [0.25, 0.3) is 11.3 Å². The Hall–Kier alpha value is -3.61. The van der Waals surface area contributed by atoms with Crippen LogP contribution in [0.4, 0.5) is 0 Å². The largest absolute Gasteiger partial charge is 0.497 e. The molecule has 0 aliphatic carbocycles. The van der Waals surface area contributed by atoms with Crippen molar-refractivity contribution in [3.8, 4) is 17.0 Å². The summed E-state index contributed by atoms with van der Waals surface area (Å²) < 4.78 is 7.05. The maximum absolute atomic E-state index is 13.2. The van der Waals surface area contributed by atoms with Gasteiger partial charge in [-0.2, -0.15) is 5.10 Å². The van der Waals surface area contributed by atoms with E-state index in [1.807, 2.05) is 54.6 Å². The number of aromatic nitrogens is 2. The van der Waals surface area contributed by atoms with Crippen molar-refractivity contribution in [1.82, 2.24) is 20.0 Å². The number of rotatable bonds is 9. The van der Waals surface area contributed by atoms with Gasteiger partial charge in [-0.3, -0.25) is 14.3 Å². The number of carbonyl (C=O) groups excluding carboxylic acids is 2. The molecule has 31 heavy (non-hydrogen) atoms. The molecule has 0 unspecified atom stereocenters. The van der Waals surface area contributed by atoms with Crippen molar-refractivity contribution >= 4 is 11.8 Å². The second-order valence-corrected chi connectivity index (χ2v) is 7.37. The van der Waals surface area contributed by atoms with Crippen molar-refractivity contribution in [2.45, 2.75) is 19.9 Å². The predicted molar refractivity (Wildman–Crippen MR) is 120 cm³/mol. The average Bonchev–Trinajstić information content (AvgIpc) is 3.20. The van der Waals surface area contributed by atoms with Crippen molar-refractivity contribution in [3.05, 3.63) is 71.9 Å². The van der Waals surface area contributed by atoms with Gasteiger partial charge in [0, 0.05) is 38.8 Å². The van der Waals surface area contributed by atoms with Crippen LogP contribution >= 0.6 is 0 Å². The second kappa shape index (κ2) is 10.4. The first-order chi connectivity index (χ1) is 15.0. The molecule has 0 aliphatic rings. The van der Waals surface area contributed by atoms with Crippen LogP contribution in [0.3, 0.4) is 0 Å².